The van der Waals surface area contributed by atoms with Gasteiger partial charge >= 0.3 is 0 Å². The summed E-state index contributed by atoms with van der Waals surface area (Å²) in [6.45, 7) is 4.40. The third-order valence-corrected chi connectivity index (χ3v) is 6.41. The van der Waals surface area contributed by atoms with Crippen molar-refractivity contribution < 1.29 is 9.47 Å². The van der Waals surface area contributed by atoms with Crippen molar-refractivity contribution in [3.63, 3.8) is 0 Å². The molecule has 0 amide bonds. The van der Waals surface area contributed by atoms with Crippen LogP contribution < -0.4 is 15.0 Å². The zero-order valence-corrected chi connectivity index (χ0v) is 20.5. The first-order chi connectivity index (χ1) is 17.6. The molecule has 0 unspecified atom stereocenters. The number of aromatic amines is 1. The third kappa shape index (κ3) is 4.69. The number of hydrogen-bond donors (Lipinski definition) is 1. The summed E-state index contributed by atoms with van der Waals surface area (Å²) < 4.78 is 13.1. The van der Waals surface area contributed by atoms with Gasteiger partial charge in [-0.3, -0.25) is 4.79 Å². The summed E-state index contributed by atoms with van der Waals surface area (Å²) in [7, 11) is 0. The van der Waals surface area contributed by atoms with Gasteiger partial charge in [-0.2, -0.15) is 14.9 Å². The number of allylic oxidation sites excluding steroid dienone is 1. The van der Waals surface area contributed by atoms with Crippen molar-refractivity contribution in [2.24, 2.45) is 0 Å². The number of benzene rings is 2. The van der Waals surface area contributed by atoms with Crippen molar-refractivity contribution in [2.45, 2.75) is 26.9 Å². The third-order valence-electron chi connectivity index (χ3n) is 5.36. The van der Waals surface area contributed by atoms with Crippen LogP contribution in [0.1, 0.15) is 35.9 Å². The Hall–Kier alpha value is -4.49. The maximum absolute atomic E-state index is 12.4. The molecule has 9 nitrogen and oxygen atoms in total. The summed E-state index contributed by atoms with van der Waals surface area (Å²) in [6, 6.07) is 16.7. The van der Waals surface area contributed by atoms with Crippen LogP contribution in [0, 0.1) is 11.3 Å². The van der Waals surface area contributed by atoms with Gasteiger partial charge < -0.3 is 14.5 Å². The number of nitrogens with zero attached hydrogens (tertiary/aromatic N) is 5. The molecule has 2 aromatic carbocycles. The smallest absolute Gasteiger partial charge is 0.275 e. The zero-order valence-electron chi connectivity index (χ0n) is 19.7. The van der Waals surface area contributed by atoms with Crippen LogP contribution in [0.4, 0.5) is 0 Å². The van der Waals surface area contributed by atoms with Gasteiger partial charge in [0.15, 0.2) is 11.5 Å². The highest BCUT2D eigenvalue weighted by Gasteiger charge is 2.12. The minimum atomic E-state index is -0.241. The van der Waals surface area contributed by atoms with Gasteiger partial charge in [0.2, 0.25) is 4.96 Å². The van der Waals surface area contributed by atoms with E-state index in [0.29, 0.717) is 40.2 Å². The Morgan fingerprint density at radius 3 is 2.78 bits per heavy atom. The van der Waals surface area contributed by atoms with Crippen LogP contribution in [0.2, 0.25) is 0 Å². The van der Waals surface area contributed by atoms with Crippen LogP contribution >= 0.6 is 11.3 Å². The van der Waals surface area contributed by atoms with Gasteiger partial charge in [0, 0.05) is 6.07 Å². The summed E-state index contributed by atoms with van der Waals surface area (Å²) in [6.07, 6.45) is 2.48. The number of para-hydroxylation sites is 2. The van der Waals surface area contributed by atoms with E-state index in [9.17, 15) is 10.1 Å². The quantitative estimate of drug-likeness (QED) is 0.310. The lowest BCUT2D eigenvalue weighted by molar-refractivity contribution is 0.266. The molecular formula is C26H22N6O3S. The van der Waals surface area contributed by atoms with E-state index in [1.807, 2.05) is 44.2 Å². The molecule has 10 heteroatoms. The van der Waals surface area contributed by atoms with E-state index in [2.05, 4.69) is 26.1 Å². The van der Waals surface area contributed by atoms with Gasteiger partial charge in [-0.1, -0.05) is 36.5 Å². The fourth-order valence-corrected chi connectivity index (χ4v) is 4.52. The highest BCUT2D eigenvalue weighted by atomic mass is 32.1. The maximum Gasteiger partial charge on any atom is 0.275 e. The topological polar surface area (TPSA) is 118 Å². The first-order valence-electron chi connectivity index (χ1n) is 11.4. The number of H-pyrrole nitrogens is 1. The second-order valence-corrected chi connectivity index (χ2v) is 8.87. The van der Waals surface area contributed by atoms with E-state index in [1.54, 1.807) is 18.2 Å². The zero-order chi connectivity index (χ0) is 25.1. The lowest BCUT2D eigenvalue weighted by Crippen LogP contribution is -2.16. The molecule has 0 saturated carbocycles. The first kappa shape index (κ1) is 23.3. The first-order valence-corrected chi connectivity index (χ1v) is 12.2. The number of aromatic nitrogens is 5. The van der Waals surface area contributed by atoms with Crippen molar-refractivity contribution in [3.8, 4) is 17.6 Å². The number of nitrogens with one attached hydrogen (secondary N) is 1. The molecule has 0 atom stereocenters. The van der Waals surface area contributed by atoms with Crippen molar-refractivity contribution in [1.82, 2.24) is 24.6 Å². The Bertz CT molecular complexity index is 1660. The number of imidazole rings is 1. The predicted molar refractivity (Wildman–Crippen MR) is 138 cm³/mol. The number of rotatable bonds is 8. The molecule has 0 saturated heterocycles. The molecule has 0 fully saturated rings. The van der Waals surface area contributed by atoms with Crippen LogP contribution in [0.5, 0.6) is 11.5 Å². The largest absolute Gasteiger partial charge is 0.490 e. The summed E-state index contributed by atoms with van der Waals surface area (Å²) in [5.41, 5.74) is 3.09. The molecule has 1 N–H and O–H groups in total. The molecule has 36 heavy (non-hydrogen) atoms. The van der Waals surface area contributed by atoms with E-state index in [1.165, 1.54) is 21.9 Å². The predicted octanol–water partition coefficient (Wildman–Crippen LogP) is 4.63. The average Bonchev–Trinajstić information content (AvgIpc) is 3.51. The fraction of sp³-hybridized carbons (Fsp3) is 0.192. The Labute approximate surface area is 210 Å². The van der Waals surface area contributed by atoms with E-state index in [4.69, 9.17) is 9.47 Å². The molecule has 0 radical (unpaired) electrons. The van der Waals surface area contributed by atoms with Crippen LogP contribution in [-0.2, 0) is 13.0 Å². The van der Waals surface area contributed by atoms with Gasteiger partial charge in [0.1, 0.15) is 23.5 Å². The van der Waals surface area contributed by atoms with Crippen molar-refractivity contribution in [1.29, 1.82) is 5.26 Å². The number of hydrogen-bond acceptors (Lipinski definition) is 8. The van der Waals surface area contributed by atoms with Gasteiger partial charge in [-0.15, -0.1) is 0 Å². The Morgan fingerprint density at radius 1 is 1.14 bits per heavy atom. The molecule has 0 aliphatic carbocycles. The number of aryl methyl sites for hydroxylation is 1. The summed E-state index contributed by atoms with van der Waals surface area (Å²) in [5.74, 6) is 1.54. The summed E-state index contributed by atoms with van der Waals surface area (Å²) >= 11 is 1.39. The fourth-order valence-electron chi connectivity index (χ4n) is 3.67. The van der Waals surface area contributed by atoms with E-state index in [-0.39, 0.29) is 12.2 Å². The van der Waals surface area contributed by atoms with Crippen molar-refractivity contribution in [3.05, 3.63) is 81.0 Å². The van der Waals surface area contributed by atoms with E-state index >= 15 is 0 Å². The second kappa shape index (κ2) is 10.0. The lowest BCUT2D eigenvalue weighted by Gasteiger charge is -2.12. The minimum absolute atomic E-state index is 0.1000. The van der Waals surface area contributed by atoms with Gasteiger partial charge in [-0.25, -0.2) is 9.97 Å². The van der Waals surface area contributed by atoms with E-state index in [0.717, 1.165) is 28.0 Å². The molecule has 3 heterocycles. The standard InChI is InChI=1S/C26H22N6O3S/c1-3-23-31-32-24(33)13-18(28-26(32)36-23)15-35-21-10-9-16(12-22(21)34-4-2)11-17(14-27)25-29-19-7-5-6-8-20(19)30-25/h5-13H,3-4,15H2,1-2H3,(H,29,30)/b17-11+. The molecule has 180 valence electrons. The molecule has 0 aliphatic heterocycles. The van der Waals surface area contributed by atoms with Crippen LogP contribution in [0.15, 0.2) is 53.3 Å². The number of fused-ring (bicyclic) bond motifs is 2. The SMILES string of the molecule is CCOc1cc(/C=C(\C#N)c2nc3ccccc3[nH]2)ccc1OCc1cc(=O)n2nc(CC)sc2n1. The molecule has 0 spiro atoms. The van der Waals surface area contributed by atoms with Crippen molar-refractivity contribution >= 4 is 39.0 Å². The molecule has 0 aliphatic rings. The molecule has 0 bridgehead atoms. The van der Waals surface area contributed by atoms with Crippen LogP contribution in [0.3, 0.4) is 0 Å². The molecule has 5 rings (SSSR count). The van der Waals surface area contributed by atoms with Crippen molar-refractivity contribution in [2.75, 3.05) is 6.61 Å². The van der Waals surface area contributed by atoms with Gasteiger partial charge in [0.05, 0.1) is 28.9 Å². The monoisotopic (exact) mass is 498 g/mol. The Balaban J connectivity index is 1.40. The highest BCUT2D eigenvalue weighted by molar-refractivity contribution is 7.16. The van der Waals surface area contributed by atoms with Crippen LogP contribution in [-0.4, -0.2) is 31.2 Å². The Morgan fingerprint density at radius 2 is 2.00 bits per heavy atom. The van der Waals surface area contributed by atoms with Gasteiger partial charge in [0.25, 0.3) is 5.56 Å². The van der Waals surface area contributed by atoms with E-state index < -0.39 is 0 Å². The minimum Gasteiger partial charge on any atom is -0.490 e. The van der Waals surface area contributed by atoms with Crippen LogP contribution in [0.25, 0.3) is 27.6 Å². The second-order valence-electron chi connectivity index (χ2n) is 7.83. The molecule has 5 aromatic rings. The Kier molecular flexibility index (Phi) is 6.47. The highest BCUT2D eigenvalue weighted by Crippen LogP contribution is 2.31. The lowest BCUT2D eigenvalue weighted by atomic mass is 10.1. The number of nitriles is 1. The summed E-state index contributed by atoms with van der Waals surface area (Å²) in [4.78, 5) is 25.2. The molecular weight excluding hydrogens is 476 g/mol. The van der Waals surface area contributed by atoms with Gasteiger partial charge in [-0.05, 0) is 49.2 Å². The number of ether oxygens (including phenoxy) is 2. The average molecular weight is 499 g/mol. The normalized spacial score (nSPS) is 11.6. The summed E-state index contributed by atoms with van der Waals surface area (Å²) in [5, 5.41) is 14.9. The molecule has 3 aromatic heterocycles. The maximum atomic E-state index is 12.4.